The molecule has 5 rings (SSSR count). The summed E-state index contributed by atoms with van der Waals surface area (Å²) in [6.45, 7) is 0. The van der Waals surface area contributed by atoms with Gasteiger partial charge in [0.05, 0.1) is 32.8 Å². The molecule has 1 aliphatic rings. The first-order valence-corrected chi connectivity index (χ1v) is 12.7. The normalized spacial score (nSPS) is 12.8. The molecule has 0 fully saturated rings. The van der Waals surface area contributed by atoms with Gasteiger partial charge in [-0.1, -0.05) is 60.7 Å². The van der Waals surface area contributed by atoms with Gasteiger partial charge in [-0.3, -0.25) is 14.4 Å². The molecular formula is C28H18N2O7S. The van der Waals surface area contributed by atoms with Crippen LogP contribution >= 0.6 is 0 Å². The number of rotatable bonds is 6. The van der Waals surface area contributed by atoms with Crippen molar-refractivity contribution in [1.29, 1.82) is 0 Å². The van der Waals surface area contributed by atoms with Crippen molar-refractivity contribution in [2.45, 2.75) is 4.90 Å². The minimum absolute atomic E-state index is 0.150. The third-order valence-electron chi connectivity index (χ3n) is 6.02. The van der Waals surface area contributed by atoms with E-state index in [4.69, 9.17) is 0 Å². The van der Waals surface area contributed by atoms with Crippen molar-refractivity contribution in [2.24, 2.45) is 0 Å². The Bertz CT molecular complexity index is 1730. The minimum atomic E-state index is -4.26. The van der Waals surface area contributed by atoms with E-state index in [1.165, 1.54) is 54.6 Å². The van der Waals surface area contributed by atoms with E-state index in [0.29, 0.717) is 10.5 Å². The molecule has 0 atom stereocenters. The second-order valence-electron chi connectivity index (χ2n) is 8.32. The highest BCUT2D eigenvalue weighted by Gasteiger charge is 2.41. The average molecular weight is 527 g/mol. The number of imide groups is 1. The van der Waals surface area contributed by atoms with Crippen molar-refractivity contribution in [2.75, 3.05) is 4.90 Å². The van der Waals surface area contributed by atoms with Gasteiger partial charge in [0.1, 0.15) is 0 Å². The van der Waals surface area contributed by atoms with Gasteiger partial charge in [0.25, 0.3) is 27.7 Å². The number of carbonyl (C=O) groups excluding carboxylic acids is 3. The first kappa shape index (κ1) is 24.6. The molecule has 0 bridgehead atoms. The number of nitrogens with zero attached hydrogens (tertiary/aromatic N) is 1. The van der Waals surface area contributed by atoms with E-state index in [1.807, 2.05) is 10.8 Å². The summed E-state index contributed by atoms with van der Waals surface area (Å²) in [5, 5.41) is 9.89. The van der Waals surface area contributed by atoms with E-state index in [1.54, 1.807) is 36.4 Å². The van der Waals surface area contributed by atoms with Crippen molar-refractivity contribution >= 4 is 39.4 Å². The second kappa shape index (κ2) is 9.41. The lowest BCUT2D eigenvalue weighted by atomic mass is 10.0. The van der Waals surface area contributed by atoms with Crippen molar-refractivity contribution in [3.63, 3.8) is 0 Å². The predicted octanol–water partition coefficient (Wildman–Crippen LogP) is 3.97. The Morgan fingerprint density at radius 2 is 1.37 bits per heavy atom. The number of benzene rings is 4. The van der Waals surface area contributed by atoms with Gasteiger partial charge < -0.3 is 5.11 Å². The fourth-order valence-corrected chi connectivity index (χ4v) is 5.23. The van der Waals surface area contributed by atoms with Gasteiger partial charge in [0.15, 0.2) is 0 Å². The SMILES string of the molecule is O=C(O)c1cc(-c2ccccc2)ccc1N1C(=O)c2cccc(C(=O)NS(=O)(=O)c3ccccc3)c2C1=O. The first-order chi connectivity index (χ1) is 18.2. The highest BCUT2D eigenvalue weighted by atomic mass is 32.2. The van der Waals surface area contributed by atoms with Crippen molar-refractivity contribution in [3.8, 4) is 11.1 Å². The zero-order valence-corrected chi connectivity index (χ0v) is 20.3. The summed E-state index contributed by atoms with van der Waals surface area (Å²) in [7, 11) is -4.26. The van der Waals surface area contributed by atoms with E-state index in [2.05, 4.69) is 0 Å². The zero-order chi connectivity index (χ0) is 27.0. The molecule has 0 saturated heterocycles. The molecule has 0 saturated carbocycles. The van der Waals surface area contributed by atoms with Crippen molar-refractivity contribution < 1.29 is 32.7 Å². The maximum atomic E-state index is 13.5. The Balaban J connectivity index is 1.54. The van der Waals surface area contributed by atoms with Gasteiger partial charge >= 0.3 is 5.97 Å². The second-order valence-corrected chi connectivity index (χ2v) is 10.0. The number of sulfonamides is 1. The molecular weight excluding hydrogens is 508 g/mol. The van der Waals surface area contributed by atoms with Crippen molar-refractivity contribution in [1.82, 2.24) is 4.72 Å². The zero-order valence-electron chi connectivity index (χ0n) is 19.5. The Labute approximate surface area is 217 Å². The van der Waals surface area contributed by atoms with Crippen LogP contribution in [0.4, 0.5) is 5.69 Å². The number of carboxylic acids is 1. The summed E-state index contributed by atoms with van der Waals surface area (Å²) in [5.41, 5.74) is 0.0350. The quantitative estimate of drug-likeness (QED) is 0.363. The number of carbonyl (C=O) groups is 4. The third kappa shape index (κ3) is 4.22. The Hall–Kier alpha value is -5.09. The van der Waals surface area contributed by atoms with Gasteiger partial charge in [-0.2, -0.15) is 0 Å². The van der Waals surface area contributed by atoms with Gasteiger partial charge in [0.2, 0.25) is 0 Å². The molecule has 0 aliphatic carbocycles. The summed E-state index contributed by atoms with van der Waals surface area (Å²) < 4.78 is 27.2. The molecule has 3 amide bonds. The number of amides is 3. The van der Waals surface area contributed by atoms with E-state index in [0.717, 1.165) is 5.56 Å². The number of hydrogen-bond acceptors (Lipinski definition) is 6. The molecule has 0 aromatic heterocycles. The number of aromatic carboxylic acids is 1. The van der Waals surface area contributed by atoms with Gasteiger partial charge in [-0.25, -0.2) is 22.8 Å². The van der Waals surface area contributed by atoms with Gasteiger partial charge in [-0.05, 0) is 47.5 Å². The van der Waals surface area contributed by atoms with E-state index in [-0.39, 0.29) is 32.8 Å². The Morgan fingerprint density at radius 3 is 2.03 bits per heavy atom. The molecule has 9 nitrogen and oxygen atoms in total. The average Bonchev–Trinajstić information content (AvgIpc) is 3.18. The largest absolute Gasteiger partial charge is 0.478 e. The molecule has 188 valence electrons. The van der Waals surface area contributed by atoms with Crippen LogP contribution in [0.1, 0.15) is 41.4 Å². The molecule has 0 unspecified atom stereocenters. The molecule has 38 heavy (non-hydrogen) atoms. The molecule has 0 spiro atoms. The third-order valence-corrected chi connectivity index (χ3v) is 7.36. The first-order valence-electron chi connectivity index (χ1n) is 11.3. The van der Waals surface area contributed by atoms with Gasteiger partial charge in [0, 0.05) is 0 Å². The summed E-state index contributed by atoms with van der Waals surface area (Å²) >= 11 is 0. The number of fused-ring (bicyclic) bond motifs is 1. The topological polar surface area (TPSA) is 138 Å². The molecule has 2 N–H and O–H groups in total. The van der Waals surface area contributed by atoms with E-state index in [9.17, 15) is 32.7 Å². The van der Waals surface area contributed by atoms with Crippen LogP contribution in [-0.4, -0.2) is 37.2 Å². The van der Waals surface area contributed by atoms with Crippen LogP contribution in [-0.2, 0) is 10.0 Å². The molecule has 1 heterocycles. The smallest absolute Gasteiger partial charge is 0.337 e. The summed E-state index contributed by atoms with van der Waals surface area (Å²) in [5.74, 6) is -4.24. The van der Waals surface area contributed by atoms with Gasteiger partial charge in [-0.15, -0.1) is 0 Å². The van der Waals surface area contributed by atoms with Crippen molar-refractivity contribution in [3.05, 3.63) is 119 Å². The van der Waals surface area contributed by atoms with E-state index < -0.39 is 33.7 Å². The number of hydrogen-bond donors (Lipinski definition) is 2. The standard InChI is InChI=1S/C28H18N2O7S/c31-25(29-38(36,37)19-10-5-2-6-11-19)20-12-7-13-21-24(20)27(33)30(26(21)32)23-15-14-18(16-22(23)28(34)35)17-8-3-1-4-9-17/h1-16H,(H,29,31)(H,34,35). The number of nitrogens with one attached hydrogen (secondary N) is 1. The maximum Gasteiger partial charge on any atom is 0.337 e. The van der Waals surface area contributed by atoms with Crippen LogP contribution in [0.5, 0.6) is 0 Å². The molecule has 4 aromatic carbocycles. The Morgan fingerprint density at radius 1 is 0.711 bits per heavy atom. The van der Waals surface area contributed by atoms with Crippen LogP contribution in [0.3, 0.4) is 0 Å². The van der Waals surface area contributed by atoms with Crippen LogP contribution in [0.15, 0.2) is 102 Å². The summed E-state index contributed by atoms with van der Waals surface area (Å²) in [6.07, 6.45) is 0. The molecule has 1 aliphatic heterocycles. The van der Waals surface area contributed by atoms with Crippen LogP contribution in [0.2, 0.25) is 0 Å². The highest BCUT2D eigenvalue weighted by molar-refractivity contribution is 7.90. The molecule has 4 aromatic rings. The predicted molar refractivity (Wildman–Crippen MR) is 138 cm³/mol. The van der Waals surface area contributed by atoms with Crippen LogP contribution in [0.25, 0.3) is 11.1 Å². The summed E-state index contributed by atoms with van der Waals surface area (Å²) in [4.78, 5) is 52.4. The lowest BCUT2D eigenvalue weighted by Crippen LogP contribution is -2.33. The minimum Gasteiger partial charge on any atom is -0.478 e. The number of anilines is 1. The fraction of sp³-hybridized carbons (Fsp3) is 0. The lowest BCUT2D eigenvalue weighted by Gasteiger charge is -2.17. The number of carboxylic acid groups (broad SMARTS) is 1. The molecule has 10 heteroatoms. The Kier molecular flexibility index (Phi) is 6.09. The lowest BCUT2D eigenvalue weighted by molar-refractivity contribution is 0.0697. The van der Waals surface area contributed by atoms with E-state index >= 15 is 0 Å². The highest BCUT2D eigenvalue weighted by Crippen LogP contribution is 2.35. The van der Waals surface area contributed by atoms with Crippen LogP contribution in [0, 0.1) is 0 Å². The maximum absolute atomic E-state index is 13.5. The van der Waals surface area contributed by atoms with Crippen LogP contribution < -0.4 is 9.62 Å². The fourth-order valence-electron chi connectivity index (χ4n) is 4.24. The summed E-state index contributed by atoms with van der Waals surface area (Å²) in [6, 6.07) is 24.3. The monoisotopic (exact) mass is 526 g/mol. The molecule has 0 radical (unpaired) electrons.